The smallest absolute Gasteiger partial charge is 0.251 e. The monoisotopic (exact) mass is 393 g/mol. The molecule has 28 heavy (non-hydrogen) atoms. The molecule has 144 valence electrons. The van der Waals surface area contributed by atoms with E-state index in [0.29, 0.717) is 16.6 Å². The molecule has 0 aromatic heterocycles. The average Bonchev–Trinajstić information content (AvgIpc) is 3.14. The van der Waals surface area contributed by atoms with Crippen molar-refractivity contribution in [3.8, 4) is 6.07 Å². The van der Waals surface area contributed by atoms with Crippen LogP contribution in [0, 0.1) is 18.3 Å². The maximum atomic E-state index is 12.5. The molecule has 0 saturated heterocycles. The fraction of sp³-hybridized carbons (Fsp3) is 0.391. The van der Waals surface area contributed by atoms with Crippen LogP contribution in [-0.4, -0.2) is 24.5 Å². The van der Waals surface area contributed by atoms with Gasteiger partial charge in [-0.1, -0.05) is 29.3 Å². The molecule has 2 aromatic rings. The number of anilines is 1. The van der Waals surface area contributed by atoms with E-state index in [-0.39, 0.29) is 11.9 Å². The first kappa shape index (κ1) is 18.8. The Balaban J connectivity index is 1.37. The van der Waals surface area contributed by atoms with Crippen LogP contribution in [-0.2, 0) is 6.42 Å². The zero-order chi connectivity index (χ0) is 19.7. The van der Waals surface area contributed by atoms with Crippen molar-refractivity contribution in [2.75, 3.05) is 11.4 Å². The van der Waals surface area contributed by atoms with Crippen LogP contribution in [0.25, 0.3) is 0 Å². The van der Waals surface area contributed by atoms with Crippen molar-refractivity contribution in [2.45, 2.75) is 51.1 Å². The third kappa shape index (κ3) is 3.59. The maximum Gasteiger partial charge on any atom is 0.251 e. The highest BCUT2D eigenvalue weighted by atomic mass is 35.5. The van der Waals surface area contributed by atoms with E-state index in [1.165, 1.54) is 5.69 Å². The normalized spacial score (nSPS) is 21.1. The lowest BCUT2D eigenvalue weighted by molar-refractivity contribution is 0.0925. The number of carbonyl (C=O) groups excluding carboxylic acids is 1. The number of nitrogens with zero attached hydrogens (tertiary/aromatic N) is 2. The molecule has 0 radical (unpaired) electrons. The molecule has 0 atom stereocenters. The highest BCUT2D eigenvalue weighted by molar-refractivity contribution is 6.33. The van der Waals surface area contributed by atoms with E-state index in [2.05, 4.69) is 16.3 Å². The second kappa shape index (κ2) is 7.85. The SMILES string of the molecule is Cc1ccc(C(=O)NC2CCC(N3CCc4c3ccc(C#N)c4Cl)CC2)cc1. The third-order valence-corrected chi connectivity index (χ3v) is 6.47. The first-order chi connectivity index (χ1) is 13.6. The Hall–Kier alpha value is -2.51. The van der Waals surface area contributed by atoms with Gasteiger partial charge >= 0.3 is 0 Å². The standard InChI is InChI=1S/C23H24ClN3O/c1-15-2-4-16(5-3-15)23(28)26-18-7-9-19(10-8-18)27-13-12-20-21(27)11-6-17(14-25)22(20)24/h2-6,11,18-19H,7-10,12-13H2,1H3,(H,26,28). The average molecular weight is 394 g/mol. The molecule has 1 saturated carbocycles. The first-order valence-corrected chi connectivity index (χ1v) is 10.3. The minimum Gasteiger partial charge on any atom is -0.368 e. The van der Waals surface area contributed by atoms with E-state index in [0.717, 1.165) is 55.3 Å². The van der Waals surface area contributed by atoms with Gasteiger partial charge in [0.25, 0.3) is 5.91 Å². The summed E-state index contributed by atoms with van der Waals surface area (Å²) in [5, 5.41) is 13.0. The number of hydrogen-bond acceptors (Lipinski definition) is 3. The highest BCUT2D eigenvalue weighted by Crippen LogP contribution is 2.39. The minimum absolute atomic E-state index is 0.0192. The van der Waals surface area contributed by atoms with Gasteiger partial charge in [-0.25, -0.2) is 0 Å². The molecule has 1 aliphatic heterocycles. The Morgan fingerprint density at radius 1 is 1.14 bits per heavy atom. The summed E-state index contributed by atoms with van der Waals surface area (Å²) >= 11 is 6.41. The van der Waals surface area contributed by atoms with Gasteiger partial charge in [0.1, 0.15) is 6.07 Å². The van der Waals surface area contributed by atoms with Gasteiger partial charge in [-0.3, -0.25) is 4.79 Å². The molecule has 0 spiro atoms. The second-order valence-corrected chi connectivity index (χ2v) is 8.20. The number of amides is 1. The molecule has 4 nitrogen and oxygen atoms in total. The van der Waals surface area contributed by atoms with E-state index < -0.39 is 0 Å². The Morgan fingerprint density at radius 2 is 1.86 bits per heavy atom. The van der Waals surface area contributed by atoms with Crippen molar-refractivity contribution >= 4 is 23.2 Å². The summed E-state index contributed by atoms with van der Waals surface area (Å²) in [6, 6.07) is 14.5. The number of hydrogen-bond donors (Lipinski definition) is 1. The number of nitriles is 1. The Labute approximate surface area is 171 Å². The number of fused-ring (bicyclic) bond motifs is 1. The van der Waals surface area contributed by atoms with E-state index in [9.17, 15) is 10.1 Å². The molecular formula is C23H24ClN3O. The number of halogens is 1. The Kier molecular flexibility index (Phi) is 5.28. The predicted molar refractivity (Wildman–Crippen MR) is 112 cm³/mol. The van der Waals surface area contributed by atoms with Crippen molar-refractivity contribution in [3.05, 3.63) is 63.7 Å². The topological polar surface area (TPSA) is 56.1 Å². The lowest BCUT2D eigenvalue weighted by Crippen LogP contribution is -2.43. The number of benzene rings is 2. The molecule has 5 heteroatoms. The molecule has 4 rings (SSSR count). The highest BCUT2D eigenvalue weighted by Gasteiger charge is 2.32. The van der Waals surface area contributed by atoms with Gasteiger partial charge in [-0.2, -0.15) is 5.26 Å². The summed E-state index contributed by atoms with van der Waals surface area (Å²) in [5.74, 6) is 0.0192. The van der Waals surface area contributed by atoms with Crippen molar-refractivity contribution in [2.24, 2.45) is 0 Å². The molecule has 0 bridgehead atoms. The minimum atomic E-state index is 0.0192. The first-order valence-electron chi connectivity index (χ1n) is 9.92. The van der Waals surface area contributed by atoms with Crippen LogP contribution in [0.2, 0.25) is 5.02 Å². The quantitative estimate of drug-likeness (QED) is 0.827. The van der Waals surface area contributed by atoms with Crippen LogP contribution < -0.4 is 10.2 Å². The van der Waals surface area contributed by atoms with Gasteiger partial charge in [-0.05, 0) is 68.9 Å². The third-order valence-electron chi connectivity index (χ3n) is 6.04. The summed E-state index contributed by atoms with van der Waals surface area (Å²) in [6.07, 6.45) is 4.97. The van der Waals surface area contributed by atoms with Crippen LogP contribution in [0.15, 0.2) is 36.4 Å². The number of nitrogens with one attached hydrogen (secondary N) is 1. The summed E-state index contributed by atoms with van der Waals surface area (Å²) in [5.41, 5.74) is 4.73. The summed E-state index contributed by atoms with van der Waals surface area (Å²) < 4.78 is 0. The van der Waals surface area contributed by atoms with Crippen molar-refractivity contribution in [1.29, 1.82) is 5.26 Å². The van der Waals surface area contributed by atoms with Crippen LogP contribution in [0.5, 0.6) is 0 Å². The molecule has 1 fully saturated rings. The van der Waals surface area contributed by atoms with E-state index in [1.54, 1.807) is 0 Å². The van der Waals surface area contributed by atoms with Crippen molar-refractivity contribution < 1.29 is 4.79 Å². The van der Waals surface area contributed by atoms with Crippen LogP contribution in [0.1, 0.15) is 52.7 Å². The molecule has 1 aliphatic carbocycles. The molecule has 1 N–H and O–H groups in total. The van der Waals surface area contributed by atoms with Gasteiger partial charge in [-0.15, -0.1) is 0 Å². The lowest BCUT2D eigenvalue weighted by Gasteiger charge is -2.36. The van der Waals surface area contributed by atoms with Gasteiger partial charge in [0, 0.05) is 29.9 Å². The summed E-state index contributed by atoms with van der Waals surface area (Å²) in [4.78, 5) is 14.9. The molecule has 1 heterocycles. The molecule has 0 unspecified atom stereocenters. The number of aryl methyl sites for hydroxylation is 1. The van der Waals surface area contributed by atoms with Gasteiger partial charge in [0.2, 0.25) is 0 Å². The molecular weight excluding hydrogens is 370 g/mol. The zero-order valence-electron chi connectivity index (χ0n) is 16.0. The molecule has 2 aromatic carbocycles. The van der Waals surface area contributed by atoms with Crippen molar-refractivity contribution in [1.82, 2.24) is 5.32 Å². The van der Waals surface area contributed by atoms with Crippen LogP contribution >= 0.6 is 11.6 Å². The fourth-order valence-electron chi connectivity index (χ4n) is 4.44. The summed E-state index contributed by atoms with van der Waals surface area (Å²) in [6.45, 7) is 2.97. The summed E-state index contributed by atoms with van der Waals surface area (Å²) in [7, 11) is 0. The lowest BCUT2D eigenvalue weighted by atomic mass is 9.90. The number of rotatable bonds is 3. The van der Waals surface area contributed by atoms with E-state index in [4.69, 9.17) is 11.6 Å². The Morgan fingerprint density at radius 3 is 2.54 bits per heavy atom. The van der Waals surface area contributed by atoms with Crippen LogP contribution in [0.3, 0.4) is 0 Å². The molecule has 2 aliphatic rings. The van der Waals surface area contributed by atoms with Crippen LogP contribution in [0.4, 0.5) is 5.69 Å². The second-order valence-electron chi connectivity index (χ2n) is 7.82. The largest absolute Gasteiger partial charge is 0.368 e. The zero-order valence-corrected chi connectivity index (χ0v) is 16.8. The fourth-order valence-corrected chi connectivity index (χ4v) is 4.74. The number of carbonyl (C=O) groups is 1. The Bertz CT molecular complexity index is 924. The van der Waals surface area contributed by atoms with E-state index in [1.807, 2.05) is 43.3 Å². The van der Waals surface area contributed by atoms with Crippen molar-refractivity contribution in [3.63, 3.8) is 0 Å². The van der Waals surface area contributed by atoms with Gasteiger partial charge < -0.3 is 10.2 Å². The maximum absolute atomic E-state index is 12.5. The van der Waals surface area contributed by atoms with E-state index >= 15 is 0 Å². The predicted octanol–water partition coefficient (Wildman–Crippen LogP) is 4.62. The van der Waals surface area contributed by atoms with Gasteiger partial charge in [0.05, 0.1) is 10.6 Å². The van der Waals surface area contributed by atoms with Gasteiger partial charge in [0.15, 0.2) is 0 Å². The molecule has 1 amide bonds.